The first-order chi connectivity index (χ1) is 12.0. The molecule has 2 nitrogen and oxygen atoms in total. The maximum absolute atomic E-state index is 11.1. The van der Waals surface area contributed by atoms with E-state index in [9.17, 15) is 4.79 Å². The maximum atomic E-state index is 11.1. The average molecular weight is 349 g/mol. The number of allylic oxidation sites excluding steroid dienone is 4. The van der Waals surface area contributed by atoms with Crippen LogP contribution >= 0.6 is 0 Å². The van der Waals surface area contributed by atoms with E-state index in [1.165, 1.54) is 58.5 Å². The highest BCUT2D eigenvalue weighted by Gasteiger charge is 2.24. The molecule has 2 atom stereocenters. The van der Waals surface area contributed by atoms with Crippen LogP contribution in [0.3, 0.4) is 0 Å². The quantitative estimate of drug-likeness (QED) is 0.219. The summed E-state index contributed by atoms with van der Waals surface area (Å²) in [4.78, 5) is 11.1. The standard InChI is InChI=1S/C23H40O2/c1-5-6-18-23(2,3)19-12-16-21-15-11-14-20(21)13-9-7-8-10-17-22(24)25-4/h7,9,12,16,20-21H,5-6,8,10-11,13-15,17-19H2,1-4H3/t20-,21+/m0/s1. The molecule has 0 N–H and O–H groups in total. The van der Waals surface area contributed by atoms with Gasteiger partial charge in [0.15, 0.2) is 0 Å². The molecule has 1 fully saturated rings. The number of methoxy groups -OCH3 is 1. The molecule has 144 valence electrons. The lowest BCUT2D eigenvalue weighted by Crippen LogP contribution is -2.10. The Hall–Kier alpha value is -1.05. The van der Waals surface area contributed by atoms with Gasteiger partial charge in [-0.3, -0.25) is 4.79 Å². The van der Waals surface area contributed by atoms with Gasteiger partial charge in [-0.25, -0.2) is 0 Å². The van der Waals surface area contributed by atoms with Gasteiger partial charge in [-0.15, -0.1) is 0 Å². The first kappa shape index (κ1) is 22.0. The zero-order chi connectivity index (χ0) is 18.5. The molecule has 0 aromatic heterocycles. The van der Waals surface area contributed by atoms with E-state index in [0.717, 1.165) is 24.7 Å². The van der Waals surface area contributed by atoms with E-state index in [1.54, 1.807) is 0 Å². The largest absolute Gasteiger partial charge is 0.469 e. The molecule has 0 unspecified atom stereocenters. The molecule has 0 radical (unpaired) electrons. The number of unbranched alkanes of at least 4 members (excludes halogenated alkanes) is 2. The van der Waals surface area contributed by atoms with E-state index in [2.05, 4.69) is 49.8 Å². The van der Waals surface area contributed by atoms with Crippen molar-refractivity contribution in [3.63, 3.8) is 0 Å². The van der Waals surface area contributed by atoms with Crippen LogP contribution in [0.4, 0.5) is 0 Å². The monoisotopic (exact) mass is 348 g/mol. The molecule has 0 amide bonds. The highest BCUT2D eigenvalue weighted by molar-refractivity contribution is 5.69. The fourth-order valence-corrected chi connectivity index (χ4v) is 3.79. The number of rotatable bonds is 12. The van der Waals surface area contributed by atoms with E-state index in [0.29, 0.717) is 11.8 Å². The minimum atomic E-state index is -0.101. The highest BCUT2D eigenvalue weighted by atomic mass is 16.5. The van der Waals surface area contributed by atoms with Crippen LogP contribution in [0.25, 0.3) is 0 Å². The second kappa shape index (κ2) is 12.3. The zero-order valence-electron chi connectivity index (χ0n) is 17.1. The van der Waals surface area contributed by atoms with Crippen LogP contribution < -0.4 is 0 Å². The van der Waals surface area contributed by atoms with Crippen LogP contribution in [0, 0.1) is 17.3 Å². The minimum absolute atomic E-state index is 0.101. The molecule has 1 rings (SSSR count). The van der Waals surface area contributed by atoms with Gasteiger partial charge in [-0.05, 0) is 62.2 Å². The topological polar surface area (TPSA) is 26.3 Å². The Labute approximate surface area is 156 Å². The Morgan fingerprint density at radius 1 is 1.16 bits per heavy atom. The van der Waals surface area contributed by atoms with E-state index >= 15 is 0 Å². The second-order valence-electron chi connectivity index (χ2n) is 8.43. The van der Waals surface area contributed by atoms with Crippen molar-refractivity contribution in [1.29, 1.82) is 0 Å². The fraction of sp³-hybridized carbons (Fsp3) is 0.783. The van der Waals surface area contributed by atoms with Crippen LogP contribution in [0.15, 0.2) is 24.3 Å². The molecule has 0 heterocycles. The van der Waals surface area contributed by atoms with Gasteiger partial charge in [0.25, 0.3) is 0 Å². The molecule has 0 aliphatic heterocycles. The smallest absolute Gasteiger partial charge is 0.305 e. The van der Waals surface area contributed by atoms with E-state index < -0.39 is 0 Å². The third-order valence-corrected chi connectivity index (χ3v) is 5.56. The third-order valence-electron chi connectivity index (χ3n) is 5.56. The Balaban J connectivity index is 2.29. The predicted molar refractivity (Wildman–Crippen MR) is 108 cm³/mol. The molecule has 0 spiro atoms. The SMILES string of the molecule is CCCCC(C)(C)CC=C[C@H]1CCC[C@@H]1CC=CCCCC(=O)OC. The summed E-state index contributed by atoms with van der Waals surface area (Å²) >= 11 is 0. The molecule has 1 aliphatic carbocycles. The summed E-state index contributed by atoms with van der Waals surface area (Å²) in [5.41, 5.74) is 0.445. The summed E-state index contributed by atoms with van der Waals surface area (Å²) < 4.78 is 4.66. The zero-order valence-corrected chi connectivity index (χ0v) is 17.1. The lowest BCUT2D eigenvalue weighted by atomic mass is 9.83. The predicted octanol–water partition coefficient (Wildman–Crippen LogP) is 6.86. The Morgan fingerprint density at radius 3 is 2.68 bits per heavy atom. The average Bonchev–Trinajstić information content (AvgIpc) is 3.03. The van der Waals surface area contributed by atoms with Crippen LogP contribution in [-0.4, -0.2) is 13.1 Å². The molecule has 1 saturated carbocycles. The number of hydrogen-bond acceptors (Lipinski definition) is 2. The number of ether oxygens (including phenoxy) is 1. The summed E-state index contributed by atoms with van der Waals surface area (Å²) in [5.74, 6) is 1.48. The molecular formula is C23H40O2. The first-order valence-electron chi connectivity index (χ1n) is 10.4. The summed E-state index contributed by atoms with van der Waals surface area (Å²) in [6, 6.07) is 0. The van der Waals surface area contributed by atoms with Gasteiger partial charge in [-0.1, -0.05) is 64.3 Å². The van der Waals surface area contributed by atoms with Gasteiger partial charge in [0.1, 0.15) is 0 Å². The second-order valence-corrected chi connectivity index (χ2v) is 8.43. The number of carbonyl (C=O) groups is 1. The first-order valence-corrected chi connectivity index (χ1v) is 10.4. The van der Waals surface area contributed by atoms with Crippen molar-refractivity contribution in [1.82, 2.24) is 0 Å². The van der Waals surface area contributed by atoms with Crippen LogP contribution in [-0.2, 0) is 9.53 Å². The lowest BCUT2D eigenvalue weighted by Gasteiger charge is -2.23. The van der Waals surface area contributed by atoms with Crippen molar-refractivity contribution in [3.05, 3.63) is 24.3 Å². The highest BCUT2D eigenvalue weighted by Crippen LogP contribution is 2.36. The van der Waals surface area contributed by atoms with Crippen molar-refractivity contribution >= 4 is 5.97 Å². The van der Waals surface area contributed by atoms with Gasteiger partial charge < -0.3 is 4.74 Å². The van der Waals surface area contributed by atoms with Crippen molar-refractivity contribution in [3.8, 4) is 0 Å². The van der Waals surface area contributed by atoms with Crippen LogP contribution in [0.5, 0.6) is 0 Å². The number of esters is 1. The van der Waals surface area contributed by atoms with Crippen LogP contribution in [0.2, 0.25) is 0 Å². The third kappa shape index (κ3) is 9.87. The summed E-state index contributed by atoms with van der Waals surface area (Å²) in [7, 11) is 1.46. The van der Waals surface area contributed by atoms with Gasteiger partial charge >= 0.3 is 5.97 Å². The lowest BCUT2D eigenvalue weighted by molar-refractivity contribution is -0.140. The minimum Gasteiger partial charge on any atom is -0.469 e. The maximum Gasteiger partial charge on any atom is 0.305 e. The fourth-order valence-electron chi connectivity index (χ4n) is 3.79. The Kier molecular flexibility index (Phi) is 10.8. The number of carbonyl (C=O) groups excluding carboxylic acids is 1. The summed E-state index contributed by atoms with van der Waals surface area (Å²) in [6.45, 7) is 7.07. The molecule has 1 aliphatic rings. The van der Waals surface area contributed by atoms with Gasteiger partial charge in [0.05, 0.1) is 7.11 Å². The molecule has 0 aromatic carbocycles. The molecule has 0 saturated heterocycles. The van der Waals surface area contributed by atoms with E-state index in [-0.39, 0.29) is 5.97 Å². The normalized spacial score (nSPS) is 21.4. The van der Waals surface area contributed by atoms with Gasteiger partial charge in [0, 0.05) is 6.42 Å². The van der Waals surface area contributed by atoms with E-state index in [4.69, 9.17) is 0 Å². The van der Waals surface area contributed by atoms with Gasteiger partial charge in [-0.2, -0.15) is 0 Å². The van der Waals surface area contributed by atoms with Crippen LogP contribution in [0.1, 0.15) is 91.4 Å². The Bertz CT molecular complexity index is 420. The molecule has 0 aromatic rings. The van der Waals surface area contributed by atoms with Gasteiger partial charge in [0.2, 0.25) is 0 Å². The van der Waals surface area contributed by atoms with Crippen molar-refractivity contribution < 1.29 is 9.53 Å². The summed E-state index contributed by atoms with van der Waals surface area (Å²) in [5, 5.41) is 0. The molecule has 0 bridgehead atoms. The Morgan fingerprint density at radius 2 is 1.96 bits per heavy atom. The molecule has 25 heavy (non-hydrogen) atoms. The molecular weight excluding hydrogens is 308 g/mol. The molecule has 2 heteroatoms. The van der Waals surface area contributed by atoms with Crippen molar-refractivity contribution in [2.75, 3.05) is 7.11 Å². The van der Waals surface area contributed by atoms with Crippen molar-refractivity contribution in [2.45, 2.75) is 91.4 Å². The number of hydrogen-bond donors (Lipinski definition) is 0. The summed E-state index contributed by atoms with van der Waals surface area (Å²) in [6.07, 6.45) is 22.4. The van der Waals surface area contributed by atoms with Crippen molar-refractivity contribution in [2.24, 2.45) is 17.3 Å². The van der Waals surface area contributed by atoms with E-state index in [1.807, 2.05) is 0 Å².